The van der Waals surface area contributed by atoms with Gasteiger partial charge in [0.15, 0.2) is 0 Å². The van der Waals surface area contributed by atoms with E-state index in [0.717, 1.165) is 11.1 Å². The molecule has 0 bridgehead atoms. The van der Waals surface area contributed by atoms with E-state index >= 15 is 0 Å². The molecule has 0 spiro atoms. The Balaban J connectivity index is 2.22. The van der Waals surface area contributed by atoms with E-state index in [1.165, 1.54) is 11.1 Å². The lowest BCUT2D eigenvalue weighted by molar-refractivity contribution is 1.61. The van der Waals surface area contributed by atoms with Gasteiger partial charge in [-0.05, 0) is 28.3 Å². The molecule has 0 heterocycles. The molecule has 0 radical (unpaired) electrons. The zero-order chi connectivity index (χ0) is 15.6. The summed E-state index contributed by atoms with van der Waals surface area (Å²) < 4.78 is 0. The molecule has 22 heavy (non-hydrogen) atoms. The molecule has 2 aromatic rings. The predicted octanol–water partition coefficient (Wildman–Crippen LogP) is 6.08. The number of benzene rings is 2. The molecule has 0 N–H and O–H groups in total. The molecule has 0 saturated heterocycles. The van der Waals surface area contributed by atoms with Gasteiger partial charge in [-0.1, -0.05) is 104 Å². The van der Waals surface area contributed by atoms with Crippen LogP contribution in [0.3, 0.4) is 0 Å². The SMILES string of the molecule is C=CC(=C)C=C(C=Cc1ccccc1)C=Cc1ccccc1. The van der Waals surface area contributed by atoms with Gasteiger partial charge in [0.2, 0.25) is 0 Å². The Morgan fingerprint density at radius 3 is 1.59 bits per heavy atom. The molecule has 0 atom stereocenters. The molecule has 0 unspecified atom stereocenters. The lowest BCUT2D eigenvalue weighted by atomic mass is 10.1. The molecule has 0 aliphatic rings. The van der Waals surface area contributed by atoms with Gasteiger partial charge in [-0.15, -0.1) is 0 Å². The predicted molar refractivity (Wildman–Crippen MR) is 98.4 cm³/mol. The Morgan fingerprint density at radius 2 is 1.18 bits per heavy atom. The van der Waals surface area contributed by atoms with Gasteiger partial charge in [-0.2, -0.15) is 0 Å². The van der Waals surface area contributed by atoms with E-state index in [0.29, 0.717) is 0 Å². The zero-order valence-corrected chi connectivity index (χ0v) is 12.7. The van der Waals surface area contributed by atoms with E-state index in [2.05, 4.69) is 61.7 Å². The van der Waals surface area contributed by atoms with Gasteiger partial charge in [0.1, 0.15) is 0 Å². The van der Waals surface area contributed by atoms with Crippen LogP contribution in [0.5, 0.6) is 0 Å². The summed E-state index contributed by atoms with van der Waals surface area (Å²) in [6.45, 7) is 7.72. The van der Waals surface area contributed by atoms with Crippen LogP contribution in [-0.2, 0) is 0 Å². The van der Waals surface area contributed by atoms with Crippen LogP contribution in [0.1, 0.15) is 11.1 Å². The largest absolute Gasteiger partial charge is 0.0985 e. The van der Waals surface area contributed by atoms with Crippen molar-refractivity contribution in [2.24, 2.45) is 0 Å². The molecule has 0 aromatic heterocycles. The maximum Gasteiger partial charge on any atom is -0.0251 e. The van der Waals surface area contributed by atoms with Gasteiger partial charge in [-0.25, -0.2) is 0 Å². The highest BCUT2D eigenvalue weighted by molar-refractivity contribution is 5.61. The smallest absolute Gasteiger partial charge is 0.0251 e. The highest BCUT2D eigenvalue weighted by atomic mass is 14.0. The van der Waals surface area contributed by atoms with Crippen molar-refractivity contribution in [3.05, 3.63) is 120 Å². The second kappa shape index (κ2) is 8.43. The zero-order valence-electron chi connectivity index (χ0n) is 12.7. The second-order valence-electron chi connectivity index (χ2n) is 4.91. The van der Waals surface area contributed by atoms with E-state index in [1.807, 2.05) is 42.5 Å². The summed E-state index contributed by atoms with van der Waals surface area (Å²) in [4.78, 5) is 0. The van der Waals surface area contributed by atoms with Gasteiger partial charge in [-0.3, -0.25) is 0 Å². The first-order chi connectivity index (χ1) is 10.8. The third-order valence-electron chi connectivity index (χ3n) is 3.15. The summed E-state index contributed by atoms with van der Waals surface area (Å²) in [5.41, 5.74) is 4.32. The van der Waals surface area contributed by atoms with Crippen molar-refractivity contribution in [2.45, 2.75) is 0 Å². The second-order valence-corrected chi connectivity index (χ2v) is 4.91. The fourth-order valence-corrected chi connectivity index (χ4v) is 1.94. The Labute approximate surface area is 133 Å². The van der Waals surface area contributed by atoms with E-state index in [1.54, 1.807) is 6.08 Å². The molecule has 2 rings (SSSR count). The Morgan fingerprint density at radius 1 is 0.727 bits per heavy atom. The first-order valence-electron chi connectivity index (χ1n) is 7.27. The van der Waals surface area contributed by atoms with E-state index < -0.39 is 0 Å². The van der Waals surface area contributed by atoms with Crippen LogP contribution in [0.2, 0.25) is 0 Å². The van der Waals surface area contributed by atoms with Gasteiger partial charge in [0, 0.05) is 0 Å². The molecular formula is C22H20. The topological polar surface area (TPSA) is 0 Å². The van der Waals surface area contributed by atoms with Crippen LogP contribution in [0.15, 0.2) is 109 Å². The van der Waals surface area contributed by atoms with Crippen molar-refractivity contribution >= 4 is 12.2 Å². The molecule has 0 nitrogen and oxygen atoms in total. The summed E-state index contributed by atoms with van der Waals surface area (Å²) >= 11 is 0. The molecule has 0 aliphatic heterocycles. The third-order valence-corrected chi connectivity index (χ3v) is 3.15. The van der Waals surface area contributed by atoms with Crippen molar-refractivity contribution < 1.29 is 0 Å². The highest BCUT2D eigenvalue weighted by Gasteiger charge is 1.90. The molecule has 0 amide bonds. The van der Waals surface area contributed by atoms with Gasteiger partial charge >= 0.3 is 0 Å². The maximum absolute atomic E-state index is 3.96. The van der Waals surface area contributed by atoms with Crippen LogP contribution in [0.4, 0.5) is 0 Å². The first-order valence-corrected chi connectivity index (χ1v) is 7.27. The molecule has 108 valence electrons. The van der Waals surface area contributed by atoms with Crippen molar-refractivity contribution in [1.82, 2.24) is 0 Å². The molecule has 2 aromatic carbocycles. The van der Waals surface area contributed by atoms with Crippen molar-refractivity contribution in [2.75, 3.05) is 0 Å². The van der Waals surface area contributed by atoms with Crippen LogP contribution in [0, 0.1) is 0 Å². The number of hydrogen-bond donors (Lipinski definition) is 0. The summed E-state index contributed by atoms with van der Waals surface area (Å²) in [6.07, 6.45) is 12.1. The van der Waals surface area contributed by atoms with Crippen molar-refractivity contribution in [1.29, 1.82) is 0 Å². The molecule has 0 saturated carbocycles. The lowest BCUT2D eigenvalue weighted by Gasteiger charge is -1.98. The minimum atomic E-state index is 0.894. The van der Waals surface area contributed by atoms with Crippen LogP contribution >= 0.6 is 0 Å². The fraction of sp³-hybridized carbons (Fsp3) is 0. The van der Waals surface area contributed by atoms with Crippen LogP contribution in [-0.4, -0.2) is 0 Å². The average molecular weight is 284 g/mol. The van der Waals surface area contributed by atoms with Gasteiger partial charge in [0.25, 0.3) is 0 Å². The Hall–Kier alpha value is -2.86. The van der Waals surface area contributed by atoms with E-state index in [9.17, 15) is 0 Å². The summed E-state index contributed by atoms with van der Waals surface area (Å²) in [5.74, 6) is 0. The number of hydrogen-bond acceptors (Lipinski definition) is 0. The quantitative estimate of drug-likeness (QED) is 0.564. The number of rotatable bonds is 6. The number of allylic oxidation sites excluding steroid dienone is 6. The normalized spacial score (nSPS) is 10.7. The molecular weight excluding hydrogens is 264 g/mol. The summed E-state index contributed by atoms with van der Waals surface area (Å²) in [6, 6.07) is 20.5. The molecule has 0 heteroatoms. The minimum Gasteiger partial charge on any atom is -0.0985 e. The average Bonchev–Trinajstić information content (AvgIpc) is 2.59. The van der Waals surface area contributed by atoms with Gasteiger partial charge in [0.05, 0.1) is 0 Å². The van der Waals surface area contributed by atoms with Gasteiger partial charge < -0.3 is 0 Å². The molecule has 0 fully saturated rings. The van der Waals surface area contributed by atoms with Crippen LogP contribution in [0.25, 0.3) is 12.2 Å². The Bertz CT molecular complexity index is 647. The Kier molecular flexibility index (Phi) is 5.95. The highest BCUT2D eigenvalue weighted by Crippen LogP contribution is 2.12. The maximum atomic E-state index is 3.96. The van der Waals surface area contributed by atoms with E-state index in [4.69, 9.17) is 0 Å². The third kappa shape index (κ3) is 5.26. The molecule has 0 aliphatic carbocycles. The van der Waals surface area contributed by atoms with Crippen molar-refractivity contribution in [3.63, 3.8) is 0 Å². The monoisotopic (exact) mass is 284 g/mol. The lowest BCUT2D eigenvalue weighted by Crippen LogP contribution is -1.77. The standard InChI is InChI=1S/C22H20/c1-3-19(2)18-22(16-14-20-10-6-4-7-11-20)17-15-21-12-8-5-9-13-21/h3-18H,1-2H2. The minimum absolute atomic E-state index is 0.894. The first kappa shape index (κ1) is 15.5. The summed E-state index contributed by atoms with van der Waals surface area (Å²) in [5, 5.41) is 0. The van der Waals surface area contributed by atoms with Crippen molar-refractivity contribution in [3.8, 4) is 0 Å². The van der Waals surface area contributed by atoms with E-state index in [-0.39, 0.29) is 0 Å². The fourth-order valence-electron chi connectivity index (χ4n) is 1.94. The van der Waals surface area contributed by atoms with Crippen LogP contribution < -0.4 is 0 Å². The summed E-state index contributed by atoms with van der Waals surface area (Å²) in [7, 11) is 0.